The van der Waals surface area contributed by atoms with Crippen LogP contribution in [-0.4, -0.2) is 43.9 Å². The molecule has 0 aliphatic rings. The molecule has 0 radical (unpaired) electrons. The van der Waals surface area contributed by atoms with E-state index in [0.29, 0.717) is 5.02 Å². The predicted octanol–water partition coefficient (Wildman–Crippen LogP) is 0.982. The monoisotopic (exact) mass is 333 g/mol. The van der Waals surface area contributed by atoms with Crippen molar-refractivity contribution in [1.29, 1.82) is 0 Å². The van der Waals surface area contributed by atoms with E-state index in [1.54, 1.807) is 6.07 Å². The highest BCUT2D eigenvalue weighted by atomic mass is 35.5. The number of carbonyl (C=O) groups is 3. The molecule has 0 aromatic heterocycles. The minimum atomic E-state index is -2.74. The first-order valence-electron chi connectivity index (χ1n) is 5.89. The van der Waals surface area contributed by atoms with Gasteiger partial charge in [-0.1, -0.05) is 17.7 Å². The maximum absolute atomic E-state index is 10.3. The van der Waals surface area contributed by atoms with Crippen LogP contribution in [0.2, 0.25) is 5.02 Å². The van der Waals surface area contributed by atoms with Crippen LogP contribution in [0.4, 0.5) is 5.69 Å². The first-order valence-corrected chi connectivity index (χ1v) is 6.26. The van der Waals surface area contributed by atoms with Crippen LogP contribution in [0.5, 0.6) is 0 Å². The number of aliphatic hydroxyl groups is 1. The van der Waals surface area contributed by atoms with Crippen molar-refractivity contribution in [2.75, 3.05) is 5.73 Å². The second kappa shape index (κ2) is 8.20. The molecule has 0 heterocycles. The number of benzene rings is 1. The molecule has 0 fully saturated rings. The fourth-order valence-corrected chi connectivity index (χ4v) is 1.51. The van der Waals surface area contributed by atoms with Gasteiger partial charge in [-0.05, 0) is 24.6 Å². The topological polar surface area (TPSA) is 158 Å². The maximum Gasteiger partial charge on any atom is 0.336 e. The van der Waals surface area contributed by atoms with Crippen LogP contribution in [0, 0.1) is 6.92 Å². The molecule has 0 unspecified atom stereocenters. The number of carboxylic acids is 3. The van der Waals surface area contributed by atoms with Crippen LogP contribution in [0.3, 0.4) is 0 Å². The molecule has 0 atom stereocenters. The molecule has 1 rings (SSSR count). The zero-order valence-electron chi connectivity index (χ0n) is 11.6. The molecule has 22 heavy (non-hydrogen) atoms. The fourth-order valence-electron chi connectivity index (χ4n) is 1.33. The first kappa shape index (κ1) is 19.7. The average molecular weight is 334 g/mol. The molecule has 0 aliphatic heterocycles. The number of nitrogens with two attached hydrogens (primary N) is 1. The highest BCUT2D eigenvalue weighted by Gasteiger charge is 2.40. The lowest BCUT2D eigenvalue weighted by Gasteiger charge is -2.18. The molecule has 0 spiro atoms. The van der Waals surface area contributed by atoms with E-state index in [0.717, 1.165) is 11.3 Å². The van der Waals surface area contributed by atoms with Gasteiger partial charge in [0.15, 0.2) is 5.60 Å². The molecule has 1 aromatic rings. The number of rotatable bonds is 5. The first-order chi connectivity index (χ1) is 9.97. The van der Waals surface area contributed by atoms with Crippen molar-refractivity contribution in [2.45, 2.75) is 25.4 Å². The number of halogens is 1. The van der Waals surface area contributed by atoms with Gasteiger partial charge < -0.3 is 26.2 Å². The van der Waals surface area contributed by atoms with Crippen LogP contribution in [0.15, 0.2) is 18.2 Å². The Balaban J connectivity index is 0.000000425. The summed E-state index contributed by atoms with van der Waals surface area (Å²) in [6.45, 7) is 1.95. The van der Waals surface area contributed by atoms with Gasteiger partial charge in [0, 0.05) is 10.7 Å². The summed E-state index contributed by atoms with van der Waals surface area (Å²) < 4.78 is 0. The third-order valence-electron chi connectivity index (χ3n) is 2.53. The molecule has 9 heteroatoms. The summed E-state index contributed by atoms with van der Waals surface area (Å²) in [6, 6.07) is 5.47. The number of hydrogen-bond acceptors (Lipinski definition) is 5. The van der Waals surface area contributed by atoms with Gasteiger partial charge in [0.2, 0.25) is 0 Å². The minimum Gasteiger partial charge on any atom is -0.481 e. The van der Waals surface area contributed by atoms with Gasteiger partial charge in [-0.2, -0.15) is 0 Å². The van der Waals surface area contributed by atoms with E-state index in [2.05, 4.69) is 0 Å². The highest BCUT2D eigenvalue weighted by Crippen LogP contribution is 2.16. The Morgan fingerprint density at radius 2 is 1.59 bits per heavy atom. The zero-order chi connectivity index (χ0) is 17.5. The molecule has 8 nitrogen and oxygen atoms in total. The Hall–Kier alpha value is -2.32. The van der Waals surface area contributed by atoms with Gasteiger partial charge >= 0.3 is 17.9 Å². The predicted molar refractivity (Wildman–Crippen MR) is 77.7 cm³/mol. The van der Waals surface area contributed by atoms with Crippen molar-refractivity contribution in [3.63, 3.8) is 0 Å². The summed E-state index contributed by atoms with van der Waals surface area (Å²) in [5.74, 6) is -5.02. The van der Waals surface area contributed by atoms with E-state index in [9.17, 15) is 14.4 Å². The van der Waals surface area contributed by atoms with Crippen molar-refractivity contribution in [3.05, 3.63) is 28.8 Å². The Kier molecular flexibility index (Phi) is 7.34. The molecule has 0 saturated carbocycles. The summed E-state index contributed by atoms with van der Waals surface area (Å²) >= 11 is 5.64. The van der Waals surface area contributed by atoms with E-state index < -0.39 is 36.4 Å². The zero-order valence-corrected chi connectivity index (χ0v) is 12.4. The van der Waals surface area contributed by atoms with E-state index >= 15 is 0 Å². The molecule has 0 saturated heterocycles. The standard InChI is InChI=1S/C7H8ClN.C6H8O7/c1-5-2-3-6(8)4-7(5)9;7-3(8)1-6(13,5(11)12)2-4(9)10/h2-4H,9H2,1H3;13H,1-2H2,(H,7,8)(H,9,10)(H,11,12). The lowest BCUT2D eigenvalue weighted by Crippen LogP contribution is -2.42. The number of nitrogen functional groups attached to an aromatic ring is 1. The van der Waals surface area contributed by atoms with Crippen molar-refractivity contribution in [2.24, 2.45) is 0 Å². The third kappa shape index (κ3) is 6.91. The van der Waals surface area contributed by atoms with Crippen LogP contribution >= 0.6 is 11.6 Å². The van der Waals surface area contributed by atoms with Gasteiger partial charge in [-0.25, -0.2) is 4.79 Å². The van der Waals surface area contributed by atoms with Crippen molar-refractivity contribution in [1.82, 2.24) is 0 Å². The number of aryl methyl sites for hydroxylation is 1. The quantitative estimate of drug-likeness (QED) is 0.499. The molecule has 0 bridgehead atoms. The third-order valence-corrected chi connectivity index (χ3v) is 2.76. The molecular formula is C13H16ClNO7. The van der Waals surface area contributed by atoms with Gasteiger partial charge in [0.25, 0.3) is 0 Å². The summed E-state index contributed by atoms with van der Waals surface area (Å²) in [7, 11) is 0. The van der Waals surface area contributed by atoms with Gasteiger partial charge in [0.05, 0.1) is 12.8 Å². The highest BCUT2D eigenvalue weighted by molar-refractivity contribution is 6.30. The summed E-state index contributed by atoms with van der Waals surface area (Å²) in [5, 5.41) is 34.5. The number of carboxylic acid groups (broad SMARTS) is 3. The molecule has 0 aliphatic carbocycles. The van der Waals surface area contributed by atoms with Crippen LogP contribution in [-0.2, 0) is 14.4 Å². The summed E-state index contributed by atoms with van der Waals surface area (Å²) in [5.41, 5.74) is 4.62. The van der Waals surface area contributed by atoms with Gasteiger partial charge in [-0.15, -0.1) is 0 Å². The molecular weight excluding hydrogens is 318 g/mol. The number of hydrogen-bond donors (Lipinski definition) is 5. The molecule has 0 amide bonds. The van der Waals surface area contributed by atoms with E-state index in [4.69, 9.17) is 37.8 Å². The van der Waals surface area contributed by atoms with E-state index in [1.165, 1.54) is 0 Å². The molecule has 6 N–H and O–H groups in total. The Labute approximate surface area is 130 Å². The maximum atomic E-state index is 10.3. The van der Waals surface area contributed by atoms with Crippen molar-refractivity contribution < 1.29 is 34.8 Å². The largest absolute Gasteiger partial charge is 0.481 e. The number of anilines is 1. The minimum absolute atomic E-state index is 0.693. The van der Waals surface area contributed by atoms with Crippen molar-refractivity contribution >= 4 is 35.2 Å². The summed E-state index contributed by atoms with van der Waals surface area (Å²) in [6.07, 6.45) is -2.29. The van der Waals surface area contributed by atoms with Gasteiger partial charge in [0.1, 0.15) is 0 Å². The van der Waals surface area contributed by atoms with Crippen LogP contribution in [0.25, 0.3) is 0 Å². The lowest BCUT2D eigenvalue weighted by molar-refractivity contribution is -0.170. The molecule has 1 aromatic carbocycles. The Morgan fingerprint density at radius 1 is 1.14 bits per heavy atom. The normalized spacial score (nSPS) is 10.3. The Bertz CT molecular complexity index is 558. The SMILES string of the molecule is Cc1ccc(Cl)cc1N.O=C(O)CC(O)(CC(=O)O)C(=O)O. The smallest absolute Gasteiger partial charge is 0.336 e. The van der Waals surface area contributed by atoms with E-state index in [-0.39, 0.29) is 0 Å². The Morgan fingerprint density at radius 3 is 1.86 bits per heavy atom. The second-order valence-electron chi connectivity index (χ2n) is 4.48. The second-order valence-corrected chi connectivity index (χ2v) is 4.92. The average Bonchev–Trinajstić information content (AvgIpc) is 2.32. The van der Waals surface area contributed by atoms with Crippen LogP contribution in [0.1, 0.15) is 18.4 Å². The van der Waals surface area contributed by atoms with Gasteiger partial charge in [-0.3, -0.25) is 9.59 Å². The van der Waals surface area contributed by atoms with Crippen molar-refractivity contribution in [3.8, 4) is 0 Å². The number of aliphatic carboxylic acids is 3. The molecule has 122 valence electrons. The summed E-state index contributed by atoms with van der Waals surface area (Å²) in [4.78, 5) is 30.5. The fraction of sp³-hybridized carbons (Fsp3) is 0.308. The lowest BCUT2D eigenvalue weighted by atomic mass is 9.96. The van der Waals surface area contributed by atoms with Crippen LogP contribution < -0.4 is 5.73 Å². The van der Waals surface area contributed by atoms with E-state index in [1.807, 2.05) is 19.1 Å².